The molecule has 1 heterocycles. The first kappa shape index (κ1) is 11.9. The maximum atomic E-state index is 10.5. The molecule has 82 valence electrons. The average molecular weight is 217 g/mol. The second-order valence-electron chi connectivity index (χ2n) is 3.62. The minimum Gasteiger partial charge on any atom is -0.481 e. The Morgan fingerprint density at radius 1 is 1.50 bits per heavy atom. The van der Waals surface area contributed by atoms with Crippen LogP contribution < -0.4 is 0 Å². The molecule has 1 aliphatic rings. The van der Waals surface area contributed by atoms with Crippen molar-refractivity contribution in [2.75, 3.05) is 24.6 Å². The van der Waals surface area contributed by atoms with E-state index in [1.807, 2.05) is 11.8 Å². The smallest absolute Gasteiger partial charge is 0.304 e. The van der Waals surface area contributed by atoms with Crippen molar-refractivity contribution in [1.29, 1.82) is 0 Å². The molecule has 1 rings (SSSR count). The highest BCUT2D eigenvalue weighted by molar-refractivity contribution is 7.99. The van der Waals surface area contributed by atoms with E-state index in [1.165, 1.54) is 24.3 Å². The summed E-state index contributed by atoms with van der Waals surface area (Å²) in [6.07, 6.45) is 2.72. The molecule has 0 bridgehead atoms. The molecule has 0 aromatic carbocycles. The van der Waals surface area contributed by atoms with Crippen molar-refractivity contribution >= 4 is 17.7 Å². The van der Waals surface area contributed by atoms with Gasteiger partial charge in [-0.3, -0.25) is 4.79 Å². The maximum absolute atomic E-state index is 10.5. The van der Waals surface area contributed by atoms with E-state index < -0.39 is 5.97 Å². The van der Waals surface area contributed by atoms with Gasteiger partial charge in [0, 0.05) is 12.6 Å². The first-order valence-electron chi connectivity index (χ1n) is 5.27. The van der Waals surface area contributed by atoms with Crippen LogP contribution in [0.15, 0.2) is 0 Å². The second kappa shape index (κ2) is 6.30. The lowest BCUT2D eigenvalue weighted by atomic mass is 10.1. The summed E-state index contributed by atoms with van der Waals surface area (Å²) >= 11 is 2.01. The predicted molar refractivity (Wildman–Crippen MR) is 59.8 cm³/mol. The van der Waals surface area contributed by atoms with Crippen LogP contribution in [0, 0.1) is 0 Å². The minimum atomic E-state index is -0.686. The van der Waals surface area contributed by atoms with Crippen molar-refractivity contribution in [3.8, 4) is 0 Å². The van der Waals surface area contributed by atoms with Crippen molar-refractivity contribution in [3.63, 3.8) is 0 Å². The van der Waals surface area contributed by atoms with E-state index in [9.17, 15) is 4.79 Å². The van der Waals surface area contributed by atoms with E-state index in [-0.39, 0.29) is 6.42 Å². The van der Waals surface area contributed by atoms with E-state index in [0.717, 1.165) is 6.54 Å². The quantitative estimate of drug-likeness (QED) is 0.760. The Labute approximate surface area is 89.9 Å². The minimum absolute atomic E-state index is 0.275. The van der Waals surface area contributed by atoms with E-state index >= 15 is 0 Å². The molecule has 0 atom stereocenters. The Kier molecular flexibility index (Phi) is 5.33. The van der Waals surface area contributed by atoms with Gasteiger partial charge in [0.25, 0.3) is 0 Å². The monoisotopic (exact) mass is 217 g/mol. The van der Waals surface area contributed by atoms with Gasteiger partial charge in [-0.2, -0.15) is 11.8 Å². The van der Waals surface area contributed by atoms with Crippen LogP contribution in [-0.2, 0) is 4.79 Å². The van der Waals surface area contributed by atoms with E-state index in [1.54, 1.807) is 0 Å². The van der Waals surface area contributed by atoms with Crippen molar-refractivity contribution in [2.45, 2.75) is 32.2 Å². The van der Waals surface area contributed by atoms with E-state index in [4.69, 9.17) is 5.11 Å². The lowest BCUT2D eigenvalue weighted by molar-refractivity contribution is -0.137. The molecule has 3 nitrogen and oxygen atoms in total. The largest absolute Gasteiger partial charge is 0.481 e. The van der Waals surface area contributed by atoms with Gasteiger partial charge in [-0.05, 0) is 30.9 Å². The highest BCUT2D eigenvalue weighted by atomic mass is 32.2. The van der Waals surface area contributed by atoms with Gasteiger partial charge >= 0.3 is 5.97 Å². The SMILES string of the molecule is CCN(CCC(=O)O)C1CCSCC1. The zero-order valence-electron chi connectivity index (χ0n) is 8.74. The van der Waals surface area contributed by atoms with Crippen LogP contribution >= 0.6 is 11.8 Å². The highest BCUT2D eigenvalue weighted by Crippen LogP contribution is 2.21. The zero-order chi connectivity index (χ0) is 10.4. The number of hydrogen-bond donors (Lipinski definition) is 1. The lowest BCUT2D eigenvalue weighted by Gasteiger charge is -2.32. The number of carbonyl (C=O) groups is 1. The molecule has 1 fully saturated rings. The van der Waals surface area contributed by atoms with Crippen LogP contribution in [0.3, 0.4) is 0 Å². The average Bonchev–Trinajstić information content (AvgIpc) is 2.20. The van der Waals surface area contributed by atoms with Crippen LogP contribution in [0.4, 0.5) is 0 Å². The van der Waals surface area contributed by atoms with Crippen LogP contribution in [0.2, 0.25) is 0 Å². The fourth-order valence-corrected chi connectivity index (χ4v) is 2.97. The molecule has 0 aliphatic carbocycles. The fraction of sp³-hybridized carbons (Fsp3) is 0.900. The Morgan fingerprint density at radius 2 is 2.14 bits per heavy atom. The zero-order valence-corrected chi connectivity index (χ0v) is 9.55. The third-order valence-electron chi connectivity index (χ3n) is 2.73. The number of hydrogen-bond acceptors (Lipinski definition) is 3. The summed E-state index contributed by atoms with van der Waals surface area (Å²) in [5.74, 6) is 1.77. The molecular weight excluding hydrogens is 198 g/mol. The Bertz CT molecular complexity index is 181. The van der Waals surface area contributed by atoms with Gasteiger partial charge in [0.15, 0.2) is 0 Å². The van der Waals surface area contributed by atoms with Crippen molar-refractivity contribution in [1.82, 2.24) is 4.90 Å². The second-order valence-corrected chi connectivity index (χ2v) is 4.84. The topological polar surface area (TPSA) is 40.5 Å². The summed E-state index contributed by atoms with van der Waals surface area (Å²) in [7, 11) is 0. The van der Waals surface area contributed by atoms with Crippen LogP contribution in [0.25, 0.3) is 0 Å². The number of thioether (sulfide) groups is 1. The fourth-order valence-electron chi connectivity index (χ4n) is 1.89. The van der Waals surface area contributed by atoms with E-state index in [0.29, 0.717) is 12.6 Å². The Morgan fingerprint density at radius 3 is 2.64 bits per heavy atom. The van der Waals surface area contributed by atoms with Gasteiger partial charge in [-0.15, -0.1) is 0 Å². The summed E-state index contributed by atoms with van der Waals surface area (Å²) < 4.78 is 0. The maximum Gasteiger partial charge on any atom is 0.304 e. The number of nitrogens with zero attached hydrogens (tertiary/aromatic N) is 1. The molecule has 1 aliphatic heterocycles. The van der Waals surface area contributed by atoms with Crippen molar-refractivity contribution in [3.05, 3.63) is 0 Å². The van der Waals surface area contributed by atoms with E-state index in [2.05, 4.69) is 11.8 Å². The number of carboxylic acids is 1. The number of carboxylic acid groups (broad SMARTS) is 1. The first-order valence-corrected chi connectivity index (χ1v) is 6.43. The van der Waals surface area contributed by atoms with Gasteiger partial charge in [0.2, 0.25) is 0 Å². The molecule has 0 unspecified atom stereocenters. The van der Waals surface area contributed by atoms with Gasteiger partial charge in [0.05, 0.1) is 6.42 Å². The number of aliphatic carboxylic acids is 1. The van der Waals surface area contributed by atoms with Crippen LogP contribution in [-0.4, -0.2) is 46.6 Å². The predicted octanol–water partition coefficient (Wildman–Crippen LogP) is 1.68. The molecule has 0 aromatic heterocycles. The Hall–Kier alpha value is -0.220. The van der Waals surface area contributed by atoms with Crippen molar-refractivity contribution in [2.24, 2.45) is 0 Å². The highest BCUT2D eigenvalue weighted by Gasteiger charge is 2.20. The summed E-state index contributed by atoms with van der Waals surface area (Å²) in [5, 5.41) is 8.63. The van der Waals surface area contributed by atoms with Crippen molar-refractivity contribution < 1.29 is 9.90 Å². The molecule has 0 radical (unpaired) electrons. The summed E-state index contributed by atoms with van der Waals surface area (Å²) in [5.41, 5.74) is 0. The summed E-state index contributed by atoms with van der Waals surface area (Å²) in [4.78, 5) is 12.8. The first-order chi connectivity index (χ1) is 6.74. The molecule has 0 amide bonds. The van der Waals surface area contributed by atoms with Gasteiger partial charge < -0.3 is 10.0 Å². The van der Waals surface area contributed by atoms with Crippen LogP contribution in [0.1, 0.15) is 26.2 Å². The molecule has 0 spiro atoms. The summed E-state index contributed by atoms with van der Waals surface area (Å²) in [6.45, 7) is 3.80. The third kappa shape index (κ3) is 3.88. The molecule has 0 saturated carbocycles. The van der Waals surface area contributed by atoms with Gasteiger partial charge in [-0.25, -0.2) is 0 Å². The van der Waals surface area contributed by atoms with Crippen LogP contribution in [0.5, 0.6) is 0 Å². The summed E-state index contributed by atoms with van der Waals surface area (Å²) in [6, 6.07) is 0.626. The molecule has 4 heteroatoms. The molecule has 1 N–H and O–H groups in total. The molecular formula is C10H19NO2S. The standard InChI is InChI=1S/C10H19NO2S/c1-2-11(6-3-10(12)13)9-4-7-14-8-5-9/h9H,2-8H2,1H3,(H,12,13). The molecule has 14 heavy (non-hydrogen) atoms. The molecule has 0 aromatic rings. The van der Waals surface area contributed by atoms with Gasteiger partial charge in [0.1, 0.15) is 0 Å². The lowest BCUT2D eigenvalue weighted by Crippen LogP contribution is -2.39. The van der Waals surface area contributed by atoms with Gasteiger partial charge in [-0.1, -0.05) is 6.92 Å². The molecule has 1 saturated heterocycles. The third-order valence-corrected chi connectivity index (χ3v) is 3.78. The number of rotatable bonds is 5. The normalized spacial score (nSPS) is 18.7. The Balaban J connectivity index is 2.31.